The number of carboxylic acid groups (broad SMARTS) is 1. The number of fused-ring (bicyclic) bond motifs is 1. The highest BCUT2D eigenvalue weighted by molar-refractivity contribution is 7.80. The van der Waals surface area contributed by atoms with Gasteiger partial charge in [-0.15, -0.1) is 11.3 Å². The molecule has 2 aromatic carbocycles. The Morgan fingerprint density at radius 3 is 2.43 bits per heavy atom. The molecule has 216 valence electrons. The molecule has 1 N–H and O–H groups in total. The van der Waals surface area contributed by atoms with E-state index in [2.05, 4.69) is 11.8 Å². The molecule has 1 amide bonds. The largest absolute Gasteiger partial charge is 0.494 e. The van der Waals surface area contributed by atoms with Crippen LogP contribution in [0.1, 0.15) is 26.3 Å². The van der Waals surface area contributed by atoms with E-state index in [1.807, 2.05) is 56.3 Å². The highest BCUT2D eigenvalue weighted by atomic mass is 32.1. The highest BCUT2D eigenvalue weighted by Crippen LogP contribution is 2.33. The summed E-state index contributed by atoms with van der Waals surface area (Å²) in [7, 11) is 0. The number of anilines is 2. The molecule has 0 atom stereocenters. The first-order valence-corrected chi connectivity index (χ1v) is 14.8. The monoisotopic (exact) mass is 602 g/mol. The van der Waals surface area contributed by atoms with Crippen molar-refractivity contribution in [2.45, 2.75) is 27.3 Å². The molecular weight excluding hydrogens is 572 g/mol. The number of hydrogen-bond acceptors (Lipinski definition) is 7. The van der Waals surface area contributed by atoms with Gasteiger partial charge in [-0.3, -0.25) is 28.8 Å². The number of carbonyl (C=O) groups excluding carboxylic acids is 1. The average Bonchev–Trinajstić information content (AvgIpc) is 3.42. The molecule has 0 saturated carbocycles. The fraction of sp³-hybridized carbons (Fsp3) is 0.226. The normalized spacial score (nSPS) is 17.5. The van der Waals surface area contributed by atoms with Gasteiger partial charge in [0.25, 0.3) is 11.5 Å². The molecule has 9 nitrogen and oxygen atoms in total. The van der Waals surface area contributed by atoms with Gasteiger partial charge in [0, 0.05) is 30.0 Å². The van der Waals surface area contributed by atoms with Crippen LogP contribution in [0.3, 0.4) is 0 Å². The van der Waals surface area contributed by atoms with E-state index in [0.717, 1.165) is 34.0 Å². The van der Waals surface area contributed by atoms with Gasteiger partial charge in [0.2, 0.25) is 0 Å². The van der Waals surface area contributed by atoms with Crippen LogP contribution in [0.2, 0.25) is 0 Å². The van der Waals surface area contributed by atoms with E-state index in [1.54, 1.807) is 30.3 Å². The fourth-order valence-corrected chi connectivity index (χ4v) is 6.55. The maximum atomic E-state index is 13.8. The summed E-state index contributed by atoms with van der Waals surface area (Å²) in [5.74, 6) is -0.812. The van der Waals surface area contributed by atoms with Gasteiger partial charge >= 0.3 is 5.97 Å². The summed E-state index contributed by atoms with van der Waals surface area (Å²) in [6, 6.07) is 14.8. The van der Waals surface area contributed by atoms with Crippen LogP contribution < -0.4 is 29.3 Å². The van der Waals surface area contributed by atoms with E-state index < -0.39 is 18.4 Å². The second-order valence-corrected chi connectivity index (χ2v) is 10.8. The summed E-state index contributed by atoms with van der Waals surface area (Å²) in [6.07, 6.45) is 7.64. The van der Waals surface area contributed by atoms with Gasteiger partial charge < -0.3 is 14.7 Å². The number of aliphatic carboxylic acids is 1. The van der Waals surface area contributed by atoms with Crippen LogP contribution in [0.5, 0.6) is 5.75 Å². The van der Waals surface area contributed by atoms with Crippen LogP contribution in [-0.4, -0.2) is 51.3 Å². The van der Waals surface area contributed by atoms with Gasteiger partial charge in [0.1, 0.15) is 22.7 Å². The molecular formula is C31H30N4O5S2. The van der Waals surface area contributed by atoms with Crippen molar-refractivity contribution >= 4 is 69.8 Å². The first kappa shape index (κ1) is 29.0. The number of likely N-dealkylation sites (N-methyl/N-ethyl adjacent to an activating group) is 1. The summed E-state index contributed by atoms with van der Waals surface area (Å²) >= 11 is 6.72. The number of amides is 1. The van der Waals surface area contributed by atoms with E-state index in [9.17, 15) is 19.5 Å². The van der Waals surface area contributed by atoms with Crippen molar-refractivity contribution in [3.63, 3.8) is 0 Å². The maximum absolute atomic E-state index is 13.8. The molecule has 0 spiro atoms. The van der Waals surface area contributed by atoms with Gasteiger partial charge in [-0.1, -0.05) is 24.3 Å². The number of benzene rings is 2. The zero-order chi connectivity index (χ0) is 30.0. The molecule has 1 fully saturated rings. The smallest absolute Gasteiger partial charge is 0.323 e. The van der Waals surface area contributed by atoms with Crippen molar-refractivity contribution in [2.24, 2.45) is 0 Å². The quantitative estimate of drug-likeness (QED) is 0.393. The number of thiazole rings is 1. The zero-order valence-corrected chi connectivity index (χ0v) is 25.1. The summed E-state index contributed by atoms with van der Waals surface area (Å²) in [5, 5.41) is 9.69. The Morgan fingerprint density at radius 2 is 1.76 bits per heavy atom. The minimum atomic E-state index is -1.14. The number of thiocarbonyl (C=S) groups is 1. The molecule has 42 heavy (non-hydrogen) atoms. The van der Waals surface area contributed by atoms with E-state index >= 15 is 0 Å². The first-order valence-electron chi connectivity index (χ1n) is 13.6. The number of nitrogens with zero attached hydrogens (tertiary/aromatic N) is 4. The second kappa shape index (κ2) is 12.2. The summed E-state index contributed by atoms with van der Waals surface area (Å²) in [4.78, 5) is 43.8. The fourth-order valence-electron chi connectivity index (χ4n) is 5.05. The van der Waals surface area contributed by atoms with Gasteiger partial charge in [-0.2, -0.15) is 0 Å². The lowest BCUT2D eigenvalue weighted by Crippen LogP contribution is -2.37. The van der Waals surface area contributed by atoms with Crippen LogP contribution in [0.4, 0.5) is 11.4 Å². The van der Waals surface area contributed by atoms with Gasteiger partial charge in [0.05, 0.1) is 16.8 Å². The van der Waals surface area contributed by atoms with Crippen LogP contribution in [0.15, 0.2) is 71.2 Å². The Bertz CT molecular complexity index is 1810. The van der Waals surface area contributed by atoms with E-state index in [-0.39, 0.29) is 16.4 Å². The molecule has 3 aromatic rings. The maximum Gasteiger partial charge on any atom is 0.323 e. The third kappa shape index (κ3) is 5.28. The number of carbonyl (C=O) groups is 2. The molecule has 3 heterocycles. The number of ether oxygens (including phenoxy) is 1. The van der Waals surface area contributed by atoms with Crippen molar-refractivity contribution in [1.82, 2.24) is 9.47 Å². The Balaban J connectivity index is 1.63. The second-order valence-electron chi connectivity index (χ2n) is 9.40. The van der Waals surface area contributed by atoms with Crippen LogP contribution in [0.25, 0.3) is 17.8 Å². The van der Waals surface area contributed by atoms with Gasteiger partial charge in [0.15, 0.2) is 5.11 Å². The molecule has 0 aliphatic carbocycles. The molecule has 11 heteroatoms. The topological polar surface area (TPSA) is 95.3 Å². The number of carboxylic acids is 1. The van der Waals surface area contributed by atoms with Crippen LogP contribution in [-0.2, 0) is 16.1 Å². The van der Waals surface area contributed by atoms with Crippen molar-refractivity contribution in [3.8, 4) is 5.75 Å². The molecule has 5 rings (SSSR count). The minimum Gasteiger partial charge on any atom is -0.494 e. The molecule has 0 bridgehead atoms. The van der Waals surface area contributed by atoms with Crippen molar-refractivity contribution in [2.75, 3.05) is 29.5 Å². The molecule has 0 radical (unpaired) electrons. The third-order valence-electron chi connectivity index (χ3n) is 6.90. The minimum absolute atomic E-state index is 0.0526. The Labute approximate surface area is 252 Å². The van der Waals surface area contributed by atoms with Gasteiger partial charge in [-0.25, -0.2) is 0 Å². The standard InChI is InChI=1S/C31H30N4O5S2/c1-4-32-21(13-12-20-18-23(40-6-3)15-16-24(20)32)14-17-25-28(38)33(5-2)30(42-25)27-29(39)35(22-10-8-7-9-11-22)31(41)34(27)19-26(36)37/h7-18H,4-6,19H2,1-3H3,(H,36,37)/b21-14+,25-17+,30-27+. The number of para-hydroxylation sites is 1. The number of allylic oxidation sites excluding steroid dienone is 2. The van der Waals surface area contributed by atoms with E-state index in [1.165, 1.54) is 14.4 Å². The van der Waals surface area contributed by atoms with Crippen molar-refractivity contribution in [3.05, 3.63) is 91.5 Å². The summed E-state index contributed by atoms with van der Waals surface area (Å²) in [5.41, 5.74) is 3.31. The SMILES string of the molecule is CCOc1ccc2c(c1)C=C/C(=C\C=c1\s/c(=C3\C(=O)N(c4ccccc4)C(=S)N3CC(=O)O)n(CC)c1=O)N2CC. The summed E-state index contributed by atoms with van der Waals surface area (Å²) < 4.78 is 7.92. The number of aromatic nitrogens is 1. The first-order chi connectivity index (χ1) is 20.3. The van der Waals surface area contributed by atoms with Crippen molar-refractivity contribution < 1.29 is 19.4 Å². The Kier molecular flexibility index (Phi) is 8.41. The number of hydrogen-bond donors (Lipinski definition) is 1. The highest BCUT2D eigenvalue weighted by Gasteiger charge is 2.41. The van der Waals surface area contributed by atoms with Gasteiger partial charge in [-0.05, 0) is 81.5 Å². The average molecular weight is 603 g/mol. The predicted octanol–water partition coefficient (Wildman–Crippen LogP) is 3.37. The Morgan fingerprint density at radius 1 is 1.00 bits per heavy atom. The zero-order valence-electron chi connectivity index (χ0n) is 23.4. The number of rotatable bonds is 8. The molecule has 2 aliphatic heterocycles. The van der Waals surface area contributed by atoms with E-state index in [0.29, 0.717) is 34.6 Å². The van der Waals surface area contributed by atoms with Crippen LogP contribution in [0, 0.1) is 0 Å². The molecule has 1 saturated heterocycles. The lowest BCUT2D eigenvalue weighted by Gasteiger charge is -2.29. The Hall–Kier alpha value is -4.48. The lowest BCUT2D eigenvalue weighted by molar-refractivity contribution is -0.136. The lowest BCUT2D eigenvalue weighted by atomic mass is 10.1. The molecule has 2 aliphatic rings. The van der Waals surface area contributed by atoms with Crippen molar-refractivity contribution in [1.29, 1.82) is 0 Å². The molecule has 0 unspecified atom stereocenters. The summed E-state index contributed by atoms with van der Waals surface area (Å²) in [6.45, 7) is 6.90. The van der Waals surface area contributed by atoms with Crippen LogP contribution >= 0.6 is 23.6 Å². The van der Waals surface area contributed by atoms with E-state index in [4.69, 9.17) is 17.0 Å². The molecule has 1 aromatic heterocycles. The third-order valence-corrected chi connectivity index (χ3v) is 8.44. The predicted molar refractivity (Wildman–Crippen MR) is 170 cm³/mol.